The van der Waals surface area contributed by atoms with Gasteiger partial charge in [-0.1, -0.05) is 31.2 Å². The molecular formula is C13H23N2O5PS2. The molecule has 23 heavy (non-hydrogen) atoms. The molecule has 0 saturated carbocycles. The highest BCUT2D eigenvalue weighted by Crippen LogP contribution is 2.23. The van der Waals surface area contributed by atoms with E-state index in [2.05, 4.69) is 39.6 Å². The first-order valence-electron chi connectivity index (χ1n) is 6.76. The largest absolute Gasteiger partial charge is 0.480 e. The standard InChI is InChI=1S/C11H16N2O2.C2H7O3PS2/c1-2-13-10(11(14)15)9-5-3-8(7-12)4-6-9;3-6(4-1-7)5-2-8/h3-6,10,13H,2,7,12H2,1H3,(H,14,15);6-8H,1-2H2. The van der Waals surface area contributed by atoms with Crippen LogP contribution in [0.15, 0.2) is 24.3 Å². The molecule has 0 aromatic heterocycles. The first kappa shape index (κ1) is 22.5. The van der Waals surface area contributed by atoms with E-state index < -0.39 is 20.3 Å². The van der Waals surface area contributed by atoms with Gasteiger partial charge in [0, 0.05) is 6.54 Å². The van der Waals surface area contributed by atoms with E-state index in [-0.39, 0.29) is 11.9 Å². The molecule has 1 unspecified atom stereocenters. The summed E-state index contributed by atoms with van der Waals surface area (Å²) in [5, 5.41) is 11.9. The van der Waals surface area contributed by atoms with Crippen molar-refractivity contribution < 1.29 is 23.5 Å². The van der Waals surface area contributed by atoms with Gasteiger partial charge in [-0.2, -0.15) is 25.3 Å². The minimum atomic E-state index is -2.29. The van der Waals surface area contributed by atoms with E-state index in [0.29, 0.717) is 13.1 Å². The maximum atomic E-state index is 11.0. The van der Waals surface area contributed by atoms with Gasteiger partial charge >= 0.3 is 14.2 Å². The molecule has 7 nitrogen and oxygen atoms in total. The van der Waals surface area contributed by atoms with Gasteiger partial charge in [0.1, 0.15) is 6.04 Å². The van der Waals surface area contributed by atoms with E-state index in [4.69, 9.17) is 10.8 Å². The van der Waals surface area contributed by atoms with Crippen LogP contribution in [-0.2, 0) is 25.0 Å². The van der Waals surface area contributed by atoms with Crippen LogP contribution in [-0.4, -0.2) is 29.5 Å². The van der Waals surface area contributed by atoms with Crippen LogP contribution >= 0.6 is 33.5 Å². The van der Waals surface area contributed by atoms with Crippen LogP contribution in [0.25, 0.3) is 0 Å². The molecule has 0 fully saturated rings. The molecule has 1 rings (SSSR count). The number of benzene rings is 1. The van der Waals surface area contributed by atoms with Gasteiger partial charge in [0.15, 0.2) is 0 Å². The lowest BCUT2D eigenvalue weighted by Crippen LogP contribution is -2.28. The highest BCUT2D eigenvalue weighted by Gasteiger charge is 2.17. The molecule has 0 saturated heterocycles. The van der Waals surface area contributed by atoms with E-state index in [0.717, 1.165) is 11.1 Å². The summed E-state index contributed by atoms with van der Waals surface area (Å²) in [6, 6.07) is 6.65. The maximum Gasteiger partial charge on any atom is 0.325 e. The Labute approximate surface area is 147 Å². The minimum Gasteiger partial charge on any atom is -0.480 e. The quantitative estimate of drug-likeness (QED) is 0.253. The minimum absolute atomic E-state index is 0.117. The molecule has 1 atom stereocenters. The van der Waals surface area contributed by atoms with Crippen LogP contribution in [0, 0.1) is 0 Å². The SMILES string of the molecule is CCNC(C(=O)O)c1ccc(CN)cc1.O=[PH](OCS)OCS. The second kappa shape index (κ2) is 13.9. The molecular weight excluding hydrogens is 359 g/mol. The summed E-state index contributed by atoms with van der Waals surface area (Å²) < 4.78 is 19.1. The van der Waals surface area contributed by atoms with Crippen LogP contribution in [0.1, 0.15) is 24.1 Å². The Kier molecular flexibility index (Phi) is 13.5. The van der Waals surface area contributed by atoms with Gasteiger partial charge in [-0.3, -0.25) is 18.4 Å². The Hall–Kier alpha value is -0.540. The van der Waals surface area contributed by atoms with Crippen molar-refractivity contribution in [2.45, 2.75) is 19.5 Å². The molecule has 132 valence electrons. The molecule has 1 aromatic carbocycles. The van der Waals surface area contributed by atoms with Crippen molar-refractivity contribution in [1.82, 2.24) is 5.32 Å². The summed E-state index contributed by atoms with van der Waals surface area (Å²) in [5.74, 6) is -0.630. The van der Waals surface area contributed by atoms with Crippen molar-refractivity contribution in [3.05, 3.63) is 35.4 Å². The fraction of sp³-hybridized carbons (Fsp3) is 0.462. The second-order valence-corrected chi connectivity index (χ2v) is 5.67. The summed E-state index contributed by atoms with van der Waals surface area (Å²) in [4.78, 5) is 11.0. The van der Waals surface area contributed by atoms with Gasteiger partial charge in [-0.25, -0.2) is 0 Å². The predicted molar refractivity (Wildman–Crippen MR) is 97.3 cm³/mol. The fourth-order valence-electron chi connectivity index (χ4n) is 1.55. The van der Waals surface area contributed by atoms with Crippen molar-refractivity contribution in [3.63, 3.8) is 0 Å². The number of thiol groups is 2. The molecule has 0 amide bonds. The van der Waals surface area contributed by atoms with Crippen LogP contribution < -0.4 is 11.1 Å². The van der Waals surface area contributed by atoms with Gasteiger partial charge < -0.3 is 16.2 Å². The second-order valence-electron chi connectivity index (χ2n) is 4.07. The smallest absolute Gasteiger partial charge is 0.325 e. The number of carbonyl (C=O) groups is 1. The van der Waals surface area contributed by atoms with Crippen molar-refractivity contribution in [2.75, 3.05) is 18.4 Å². The van der Waals surface area contributed by atoms with Crippen molar-refractivity contribution >= 4 is 39.5 Å². The highest BCUT2D eigenvalue weighted by molar-refractivity contribution is 7.80. The van der Waals surface area contributed by atoms with Crippen molar-refractivity contribution in [1.29, 1.82) is 0 Å². The lowest BCUT2D eigenvalue weighted by atomic mass is 10.0. The highest BCUT2D eigenvalue weighted by atomic mass is 32.1. The van der Waals surface area contributed by atoms with Gasteiger partial charge in [0.05, 0.1) is 11.9 Å². The lowest BCUT2D eigenvalue weighted by molar-refractivity contribution is -0.139. The zero-order valence-corrected chi connectivity index (χ0v) is 15.6. The number of rotatable bonds is 9. The Morgan fingerprint density at radius 2 is 1.83 bits per heavy atom. The molecule has 0 aliphatic carbocycles. The maximum absolute atomic E-state index is 11.0. The molecule has 10 heteroatoms. The third kappa shape index (κ3) is 10.0. The van der Waals surface area contributed by atoms with E-state index in [1.54, 1.807) is 12.1 Å². The summed E-state index contributed by atoms with van der Waals surface area (Å²) in [5.41, 5.74) is 7.21. The predicted octanol–water partition coefficient (Wildman–Crippen LogP) is 2.06. The number of hydrogen-bond donors (Lipinski definition) is 5. The van der Waals surface area contributed by atoms with Gasteiger partial charge in [0.2, 0.25) is 0 Å². The van der Waals surface area contributed by atoms with E-state index in [1.807, 2.05) is 19.1 Å². The van der Waals surface area contributed by atoms with Crippen LogP contribution in [0.2, 0.25) is 0 Å². The molecule has 4 N–H and O–H groups in total. The summed E-state index contributed by atoms with van der Waals surface area (Å²) in [7, 11) is -2.29. The number of carboxylic acids is 1. The van der Waals surface area contributed by atoms with Gasteiger partial charge in [-0.05, 0) is 17.7 Å². The molecule has 0 spiro atoms. The number of aliphatic carboxylic acids is 1. The Morgan fingerprint density at radius 3 is 2.17 bits per heavy atom. The first-order chi connectivity index (χ1) is 11.0. The van der Waals surface area contributed by atoms with E-state index in [1.165, 1.54) is 0 Å². The molecule has 1 aromatic rings. The first-order valence-corrected chi connectivity index (χ1v) is 9.25. The number of hydrogen-bond acceptors (Lipinski definition) is 8. The van der Waals surface area contributed by atoms with Crippen LogP contribution in [0.3, 0.4) is 0 Å². The number of nitrogens with one attached hydrogen (secondary N) is 1. The number of likely N-dealkylation sites (N-methyl/N-ethyl adjacent to an activating group) is 1. The normalized spacial score (nSPS) is 11.7. The fourth-order valence-corrected chi connectivity index (χ4v) is 2.47. The monoisotopic (exact) mass is 382 g/mol. The van der Waals surface area contributed by atoms with Gasteiger partial charge in [0.25, 0.3) is 0 Å². The van der Waals surface area contributed by atoms with Crippen LogP contribution in [0.4, 0.5) is 0 Å². The third-order valence-electron chi connectivity index (χ3n) is 2.57. The zero-order chi connectivity index (χ0) is 17.7. The molecule has 0 heterocycles. The van der Waals surface area contributed by atoms with Gasteiger partial charge in [-0.15, -0.1) is 0 Å². The van der Waals surface area contributed by atoms with E-state index >= 15 is 0 Å². The Bertz CT molecular complexity index is 468. The summed E-state index contributed by atoms with van der Waals surface area (Å²) in [6.45, 7) is 2.97. The summed E-state index contributed by atoms with van der Waals surface area (Å²) >= 11 is 7.30. The number of carboxylic acid groups (broad SMARTS) is 1. The van der Waals surface area contributed by atoms with Crippen molar-refractivity contribution in [2.24, 2.45) is 5.73 Å². The molecule has 0 aliphatic heterocycles. The van der Waals surface area contributed by atoms with Crippen molar-refractivity contribution in [3.8, 4) is 0 Å². The Morgan fingerprint density at radius 1 is 1.30 bits per heavy atom. The zero-order valence-electron chi connectivity index (χ0n) is 12.8. The molecule has 0 radical (unpaired) electrons. The Balaban J connectivity index is 0.000000515. The average Bonchev–Trinajstić information content (AvgIpc) is 2.53. The third-order valence-corrected chi connectivity index (χ3v) is 4.07. The number of nitrogens with two attached hydrogens (primary N) is 1. The molecule has 0 aliphatic rings. The van der Waals surface area contributed by atoms with Crippen LogP contribution in [0.5, 0.6) is 0 Å². The topological polar surface area (TPSA) is 111 Å². The lowest BCUT2D eigenvalue weighted by Gasteiger charge is -2.13. The summed E-state index contributed by atoms with van der Waals surface area (Å²) in [6.07, 6.45) is 0. The average molecular weight is 382 g/mol. The molecule has 0 bridgehead atoms. The van der Waals surface area contributed by atoms with E-state index in [9.17, 15) is 9.36 Å².